The molecular weight excluding hydrogens is 220 g/mol. The molecule has 1 unspecified atom stereocenters. The standard InChI is InChI=1S/C11H18N4O2/c1-4-7-17-9-5-6-13-11(15-9)14-8(2)10(16)12-3/h5-6,8H,4,7H2,1-3H3,(H,12,16)(H,13,14,15). The first-order valence-electron chi connectivity index (χ1n) is 5.61. The molecule has 1 rings (SSSR count). The molecule has 1 atom stereocenters. The van der Waals surface area contributed by atoms with Crippen molar-refractivity contribution in [1.29, 1.82) is 0 Å². The van der Waals surface area contributed by atoms with E-state index in [0.29, 0.717) is 18.4 Å². The quantitative estimate of drug-likeness (QED) is 0.767. The zero-order chi connectivity index (χ0) is 12.7. The van der Waals surface area contributed by atoms with Gasteiger partial charge in [-0.25, -0.2) is 4.98 Å². The minimum atomic E-state index is -0.388. The number of anilines is 1. The molecule has 2 N–H and O–H groups in total. The van der Waals surface area contributed by atoms with Crippen molar-refractivity contribution < 1.29 is 9.53 Å². The predicted octanol–water partition coefficient (Wildman–Crippen LogP) is 0.812. The monoisotopic (exact) mass is 238 g/mol. The van der Waals surface area contributed by atoms with Crippen LogP contribution in [0.3, 0.4) is 0 Å². The molecule has 0 fully saturated rings. The van der Waals surface area contributed by atoms with Gasteiger partial charge in [-0.05, 0) is 13.3 Å². The molecular formula is C11H18N4O2. The summed E-state index contributed by atoms with van der Waals surface area (Å²) in [4.78, 5) is 19.5. The van der Waals surface area contributed by atoms with Crippen molar-refractivity contribution >= 4 is 11.9 Å². The molecule has 0 aliphatic heterocycles. The number of amides is 1. The van der Waals surface area contributed by atoms with Gasteiger partial charge in [-0.2, -0.15) is 4.98 Å². The Labute approximate surface area is 101 Å². The molecule has 0 spiro atoms. The van der Waals surface area contributed by atoms with E-state index in [2.05, 4.69) is 20.6 Å². The molecule has 0 bridgehead atoms. The normalized spacial score (nSPS) is 11.7. The lowest BCUT2D eigenvalue weighted by Crippen LogP contribution is -2.35. The first-order chi connectivity index (χ1) is 8.17. The van der Waals surface area contributed by atoms with Crippen LogP contribution in [0.5, 0.6) is 5.88 Å². The van der Waals surface area contributed by atoms with E-state index in [1.54, 1.807) is 26.2 Å². The molecule has 0 aliphatic carbocycles. The summed E-state index contributed by atoms with van der Waals surface area (Å²) in [6.07, 6.45) is 2.51. The Hall–Kier alpha value is -1.85. The molecule has 0 aliphatic rings. The zero-order valence-corrected chi connectivity index (χ0v) is 10.4. The van der Waals surface area contributed by atoms with Crippen LogP contribution in [-0.4, -0.2) is 35.6 Å². The summed E-state index contributed by atoms with van der Waals surface area (Å²) in [6.45, 7) is 4.37. The molecule has 1 aromatic heterocycles. The van der Waals surface area contributed by atoms with Crippen molar-refractivity contribution in [3.63, 3.8) is 0 Å². The Kier molecular flexibility index (Phi) is 5.19. The van der Waals surface area contributed by atoms with Crippen molar-refractivity contribution in [1.82, 2.24) is 15.3 Å². The van der Waals surface area contributed by atoms with E-state index in [1.165, 1.54) is 0 Å². The molecule has 1 amide bonds. The molecule has 6 heteroatoms. The number of aromatic nitrogens is 2. The highest BCUT2D eigenvalue weighted by molar-refractivity contribution is 5.83. The Morgan fingerprint density at radius 2 is 2.35 bits per heavy atom. The fraction of sp³-hybridized carbons (Fsp3) is 0.545. The van der Waals surface area contributed by atoms with Crippen LogP contribution in [0.25, 0.3) is 0 Å². The van der Waals surface area contributed by atoms with Crippen molar-refractivity contribution in [3.05, 3.63) is 12.3 Å². The van der Waals surface area contributed by atoms with Crippen molar-refractivity contribution in [2.24, 2.45) is 0 Å². The van der Waals surface area contributed by atoms with Crippen molar-refractivity contribution in [3.8, 4) is 5.88 Å². The van der Waals surface area contributed by atoms with Gasteiger partial charge in [0.05, 0.1) is 6.61 Å². The molecule has 1 heterocycles. The third kappa shape index (κ3) is 4.26. The molecule has 94 valence electrons. The number of carbonyl (C=O) groups excluding carboxylic acids is 1. The van der Waals surface area contributed by atoms with Crippen LogP contribution in [0, 0.1) is 0 Å². The minimum Gasteiger partial charge on any atom is -0.478 e. The average Bonchev–Trinajstić information content (AvgIpc) is 2.35. The fourth-order valence-electron chi connectivity index (χ4n) is 1.17. The number of likely N-dealkylation sites (N-methyl/N-ethyl adjacent to an activating group) is 1. The SMILES string of the molecule is CCCOc1ccnc(NC(C)C(=O)NC)n1. The van der Waals surface area contributed by atoms with Crippen LogP contribution in [-0.2, 0) is 4.79 Å². The number of nitrogens with zero attached hydrogens (tertiary/aromatic N) is 2. The lowest BCUT2D eigenvalue weighted by Gasteiger charge is -2.12. The third-order valence-corrected chi connectivity index (χ3v) is 2.07. The largest absolute Gasteiger partial charge is 0.478 e. The van der Waals surface area contributed by atoms with Crippen LogP contribution in [0.15, 0.2) is 12.3 Å². The Bertz CT molecular complexity index is 370. The molecule has 0 radical (unpaired) electrons. The van der Waals surface area contributed by atoms with Gasteiger partial charge in [-0.15, -0.1) is 0 Å². The van der Waals surface area contributed by atoms with Gasteiger partial charge < -0.3 is 15.4 Å². The highest BCUT2D eigenvalue weighted by atomic mass is 16.5. The van der Waals surface area contributed by atoms with Gasteiger partial charge in [0.25, 0.3) is 0 Å². The van der Waals surface area contributed by atoms with Crippen molar-refractivity contribution in [2.75, 3.05) is 19.0 Å². The summed E-state index contributed by atoms with van der Waals surface area (Å²) in [5.74, 6) is 0.775. The van der Waals surface area contributed by atoms with Gasteiger partial charge >= 0.3 is 0 Å². The first-order valence-corrected chi connectivity index (χ1v) is 5.61. The molecule has 17 heavy (non-hydrogen) atoms. The number of hydrogen-bond acceptors (Lipinski definition) is 5. The maximum absolute atomic E-state index is 11.3. The van der Waals surface area contributed by atoms with Gasteiger partial charge in [0.15, 0.2) is 0 Å². The smallest absolute Gasteiger partial charge is 0.242 e. The van der Waals surface area contributed by atoms with Crippen LogP contribution in [0.1, 0.15) is 20.3 Å². The lowest BCUT2D eigenvalue weighted by atomic mass is 10.3. The van der Waals surface area contributed by atoms with Gasteiger partial charge in [0.2, 0.25) is 17.7 Å². The molecule has 0 saturated heterocycles. The first kappa shape index (κ1) is 13.2. The summed E-state index contributed by atoms with van der Waals surface area (Å²) in [5, 5.41) is 5.44. The van der Waals surface area contributed by atoms with E-state index in [-0.39, 0.29) is 11.9 Å². The average molecular weight is 238 g/mol. The summed E-state index contributed by atoms with van der Waals surface area (Å²) in [6, 6.07) is 1.30. The third-order valence-electron chi connectivity index (χ3n) is 2.07. The highest BCUT2D eigenvalue weighted by Crippen LogP contribution is 2.09. The van der Waals surface area contributed by atoms with Crippen LogP contribution in [0.2, 0.25) is 0 Å². The van der Waals surface area contributed by atoms with Gasteiger partial charge in [-0.1, -0.05) is 6.92 Å². The van der Waals surface area contributed by atoms with Crippen molar-refractivity contribution in [2.45, 2.75) is 26.3 Å². The van der Waals surface area contributed by atoms with Gasteiger partial charge in [0, 0.05) is 19.3 Å². The maximum atomic E-state index is 11.3. The second kappa shape index (κ2) is 6.67. The zero-order valence-electron chi connectivity index (χ0n) is 10.4. The van der Waals surface area contributed by atoms with E-state index in [9.17, 15) is 4.79 Å². The highest BCUT2D eigenvalue weighted by Gasteiger charge is 2.11. The number of carbonyl (C=O) groups is 1. The van der Waals surface area contributed by atoms with E-state index in [0.717, 1.165) is 6.42 Å². The second-order valence-corrected chi connectivity index (χ2v) is 3.55. The summed E-state index contributed by atoms with van der Waals surface area (Å²) < 4.78 is 5.37. The van der Waals surface area contributed by atoms with Crippen LogP contribution in [0.4, 0.5) is 5.95 Å². The van der Waals surface area contributed by atoms with Gasteiger partial charge in [-0.3, -0.25) is 4.79 Å². The second-order valence-electron chi connectivity index (χ2n) is 3.55. The van der Waals surface area contributed by atoms with Gasteiger partial charge in [0.1, 0.15) is 6.04 Å². The Morgan fingerprint density at radius 1 is 1.59 bits per heavy atom. The topological polar surface area (TPSA) is 76.1 Å². The summed E-state index contributed by atoms with van der Waals surface area (Å²) in [5.41, 5.74) is 0. The lowest BCUT2D eigenvalue weighted by molar-refractivity contribution is -0.121. The van der Waals surface area contributed by atoms with Crippen LogP contribution < -0.4 is 15.4 Å². The Balaban J connectivity index is 2.62. The molecule has 0 saturated carbocycles. The van der Waals surface area contributed by atoms with E-state index < -0.39 is 0 Å². The minimum absolute atomic E-state index is 0.117. The number of ether oxygens (including phenoxy) is 1. The number of hydrogen-bond donors (Lipinski definition) is 2. The summed E-state index contributed by atoms with van der Waals surface area (Å²) >= 11 is 0. The summed E-state index contributed by atoms with van der Waals surface area (Å²) in [7, 11) is 1.59. The maximum Gasteiger partial charge on any atom is 0.242 e. The fourth-order valence-corrected chi connectivity index (χ4v) is 1.17. The van der Waals surface area contributed by atoms with E-state index >= 15 is 0 Å². The van der Waals surface area contributed by atoms with E-state index in [1.807, 2.05) is 6.92 Å². The Morgan fingerprint density at radius 3 is 3.00 bits per heavy atom. The number of rotatable bonds is 6. The number of nitrogens with one attached hydrogen (secondary N) is 2. The molecule has 6 nitrogen and oxygen atoms in total. The molecule has 0 aromatic carbocycles. The molecule has 1 aromatic rings. The van der Waals surface area contributed by atoms with Crippen LogP contribution >= 0.6 is 0 Å². The van der Waals surface area contributed by atoms with E-state index in [4.69, 9.17) is 4.74 Å². The predicted molar refractivity (Wildman–Crippen MR) is 65.0 cm³/mol.